The first-order valence-corrected chi connectivity index (χ1v) is 9.28. The van der Waals surface area contributed by atoms with Crippen molar-refractivity contribution in [3.05, 3.63) is 60.2 Å². The molecule has 1 atom stereocenters. The van der Waals surface area contributed by atoms with E-state index in [1.807, 2.05) is 0 Å². The van der Waals surface area contributed by atoms with E-state index in [-0.39, 0.29) is 17.3 Å². The molecular formula is C19H18F2N2O4S. The van der Waals surface area contributed by atoms with Gasteiger partial charge in [-0.3, -0.25) is 14.4 Å². The number of nitrogens with one attached hydrogen (secondary N) is 2. The Balaban J connectivity index is 1.70. The lowest BCUT2D eigenvalue weighted by Gasteiger charge is -2.12. The van der Waals surface area contributed by atoms with Gasteiger partial charge >= 0.3 is 5.97 Å². The molecule has 0 aliphatic rings. The molecule has 0 aliphatic heterocycles. The summed E-state index contributed by atoms with van der Waals surface area (Å²) in [5.41, 5.74) is 0.426. The van der Waals surface area contributed by atoms with E-state index in [2.05, 4.69) is 10.6 Å². The fourth-order valence-corrected chi connectivity index (χ4v) is 2.68. The Bertz CT molecular complexity index is 846. The molecule has 2 amide bonds. The third-order valence-electron chi connectivity index (χ3n) is 3.42. The molecule has 0 aliphatic carbocycles. The number of hydrogen-bond donors (Lipinski definition) is 2. The highest BCUT2D eigenvalue weighted by molar-refractivity contribution is 8.01. The van der Waals surface area contributed by atoms with E-state index in [4.69, 9.17) is 4.74 Å². The van der Waals surface area contributed by atoms with Crippen LogP contribution in [0, 0.1) is 11.6 Å². The van der Waals surface area contributed by atoms with Crippen molar-refractivity contribution in [2.75, 3.05) is 23.0 Å². The van der Waals surface area contributed by atoms with Crippen LogP contribution < -0.4 is 10.6 Å². The summed E-state index contributed by atoms with van der Waals surface area (Å²) in [5.74, 6) is -2.77. The third kappa shape index (κ3) is 6.99. The van der Waals surface area contributed by atoms with Gasteiger partial charge in [-0.25, -0.2) is 8.78 Å². The predicted molar refractivity (Wildman–Crippen MR) is 103 cm³/mol. The lowest BCUT2D eigenvalue weighted by molar-refractivity contribution is -0.146. The molecule has 0 unspecified atom stereocenters. The quantitative estimate of drug-likeness (QED) is 0.656. The first-order valence-electron chi connectivity index (χ1n) is 8.23. The van der Waals surface area contributed by atoms with E-state index < -0.39 is 35.4 Å². The Morgan fingerprint density at radius 1 is 1.00 bits per heavy atom. The van der Waals surface area contributed by atoms with Crippen LogP contribution in [0.15, 0.2) is 48.5 Å². The zero-order chi connectivity index (χ0) is 20.5. The van der Waals surface area contributed by atoms with E-state index in [1.165, 1.54) is 49.4 Å². The number of ether oxygens (including phenoxy) is 1. The van der Waals surface area contributed by atoms with Crippen LogP contribution in [0.1, 0.15) is 6.92 Å². The second kappa shape index (κ2) is 10.4. The van der Waals surface area contributed by atoms with Gasteiger partial charge in [0.05, 0.1) is 11.4 Å². The monoisotopic (exact) mass is 408 g/mol. The van der Waals surface area contributed by atoms with Crippen molar-refractivity contribution in [1.82, 2.24) is 0 Å². The zero-order valence-corrected chi connectivity index (χ0v) is 15.7. The second-order valence-corrected chi connectivity index (χ2v) is 6.97. The summed E-state index contributed by atoms with van der Waals surface area (Å²) in [6, 6.07) is 10.9. The van der Waals surface area contributed by atoms with Gasteiger partial charge in [0.25, 0.3) is 5.91 Å². The summed E-state index contributed by atoms with van der Waals surface area (Å²) >= 11 is 1.02. The summed E-state index contributed by atoms with van der Waals surface area (Å²) in [4.78, 5) is 35.5. The summed E-state index contributed by atoms with van der Waals surface area (Å²) in [5, 5.41) is 4.17. The van der Waals surface area contributed by atoms with Crippen molar-refractivity contribution in [2.24, 2.45) is 0 Å². The molecule has 0 fully saturated rings. The Hall–Kier alpha value is -2.94. The van der Waals surface area contributed by atoms with Crippen LogP contribution in [0.2, 0.25) is 0 Å². The van der Waals surface area contributed by atoms with E-state index >= 15 is 0 Å². The SMILES string of the molecule is C[C@H](SCC(=O)Nc1ccc(F)cc1)C(=O)OCC(=O)Nc1ccccc1F. The number of amides is 2. The molecule has 2 aromatic rings. The van der Waals surface area contributed by atoms with Gasteiger partial charge in [-0.15, -0.1) is 11.8 Å². The van der Waals surface area contributed by atoms with E-state index in [0.29, 0.717) is 5.69 Å². The first-order chi connectivity index (χ1) is 13.3. The van der Waals surface area contributed by atoms with Gasteiger partial charge in [0.1, 0.15) is 16.9 Å². The highest BCUT2D eigenvalue weighted by Gasteiger charge is 2.18. The van der Waals surface area contributed by atoms with Crippen LogP contribution in [-0.4, -0.2) is 35.4 Å². The highest BCUT2D eigenvalue weighted by Crippen LogP contribution is 2.15. The number of halogens is 2. The van der Waals surface area contributed by atoms with Crippen molar-refractivity contribution < 1.29 is 27.9 Å². The number of carbonyl (C=O) groups is 3. The van der Waals surface area contributed by atoms with Crippen molar-refractivity contribution in [1.29, 1.82) is 0 Å². The lowest BCUT2D eigenvalue weighted by atomic mass is 10.3. The maximum absolute atomic E-state index is 13.4. The van der Waals surface area contributed by atoms with Crippen LogP contribution in [0.3, 0.4) is 0 Å². The number of carbonyl (C=O) groups excluding carboxylic acids is 3. The summed E-state index contributed by atoms with van der Waals surface area (Å²) in [7, 11) is 0. The summed E-state index contributed by atoms with van der Waals surface area (Å²) in [6.07, 6.45) is 0. The number of esters is 1. The van der Waals surface area contributed by atoms with Gasteiger partial charge in [0, 0.05) is 5.69 Å². The summed E-state index contributed by atoms with van der Waals surface area (Å²) < 4.78 is 31.1. The predicted octanol–water partition coefficient (Wildman–Crippen LogP) is 3.21. The van der Waals surface area contributed by atoms with Crippen LogP contribution in [0.4, 0.5) is 20.2 Å². The smallest absolute Gasteiger partial charge is 0.319 e. The molecule has 0 saturated carbocycles. The fraction of sp³-hybridized carbons (Fsp3) is 0.211. The Kier molecular flexibility index (Phi) is 7.94. The Morgan fingerprint density at radius 2 is 1.68 bits per heavy atom. The van der Waals surface area contributed by atoms with Crippen LogP contribution >= 0.6 is 11.8 Å². The average Bonchev–Trinajstić information content (AvgIpc) is 2.68. The molecule has 6 nitrogen and oxygen atoms in total. The average molecular weight is 408 g/mol. The number of para-hydroxylation sites is 1. The van der Waals surface area contributed by atoms with E-state index in [1.54, 1.807) is 6.07 Å². The molecule has 148 valence electrons. The molecule has 0 spiro atoms. The molecular weight excluding hydrogens is 390 g/mol. The second-order valence-electron chi connectivity index (χ2n) is 5.64. The Morgan fingerprint density at radius 3 is 2.36 bits per heavy atom. The molecule has 2 N–H and O–H groups in total. The van der Waals surface area contributed by atoms with E-state index in [0.717, 1.165) is 11.8 Å². The van der Waals surface area contributed by atoms with Crippen molar-refractivity contribution in [3.63, 3.8) is 0 Å². The molecule has 0 bridgehead atoms. The maximum Gasteiger partial charge on any atom is 0.319 e. The van der Waals surface area contributed by atoms with Crippen LogP contribution in [0.25, 0.3) is 0 Å². The van der Waals surface area contributed by atoms with E-state index in [9.17, 15) is 23.2 Å². The molecule has 2 aromatic carbocycles. The molecule has 2 rings (SSSR count). The molecule has 0 saturated heterocycles. The van der Waals surface area contributed by atoms with Gasteiger partial charge in [0.15, 0.2) is 6.61 Å². The standard InChI is InChI=1S/C19H18F2N2O4S/c1-12(28-11-18(25)22-14-8-6-13(20)7-9-14)19(26)27-10-17(24)23-16-5-3-2-4-15(16)21/h2-9,12H,10-11H2,1H3,(H,22,25)(H,23,24)/t12-/m0/s1. The zero-order valence-electron chi connectivity index (χ0n) is 14.9. The number of hydrogen-bond acceptors (Lipinski definition) is 5. The molecule has 9 heteroatoms. The fourth-order valence-electron chi connectivity index (χ4n) is 2.00. The van der Waals surface area contributed by atoms with Crippen molar-refractivity contribution >= 4 is 40.9 Å². The Labute approximate surface area is 164 Å². The number of thioether (sulfide) groups is 1. The van der Waals surface area contributed by atoms with Crippen molar-refractivity contribution in [3.8, 4) is 0 Å². The lowest BCUT2D eigenvalue weighted by Crippen LogP contribution is -2.26. The molecule has 0 radical (unpaired) electrons. The number of rotatable bonds is 8. The molecule has 28 heavy (non-hydrogen) atoms. The van der Waals surface area contributed by atoms with Gasteiger partial charge < -0.3 is 15.4 Å². The topological polar surface area (TPSA) is 84.5 Å². The maximum atomic E-state index is 13.4. The van der Waals surface area contributed by atoms with Gasteiger partial charge in [0.2, 0.25) is 5.91 Å². The summed E-state index contributed by atoms with van der Waals surface area (Å²) in [6.45, 7) is 0.965. The normalized spacial score (nSPS) is 11.4. The minimum Gasteiger partial charge on any atom is -0.455 e. The minimum absolute atomic E-state index is 0.0107. The first kappa shape index (κ1) is 21.4. The molecule has 0 aromatic heterocycles. The van der Waals surface area contributed by atoms with Gasteiger partial charge in [-0.05, 0) is 43.3 Å². The number of anilines is 2. The highest BCUT2D eigenvalue weighted by atomic mass is 32.2. The minimum atomic E-state index is -0.694. The number of benzene rings is 2. The third-order valence-corrected chi connectivity index (χ3v) is 4.54. The van der Waals surface area contributed by atoms with Crippen molar-refractivity contribution in [2.45, 2.75) is 12.2 Å². The van der Waals surface area contributed by atoms with Gasteiger partial charge in [-0.2, -0.15) is 0 Å². The van der Waals surface area contributed by atoms with Gasteiger partial charge in [-0.1, -0.05) is 12.1 Å². The molecule has 0 heterocycles. The van der Waals surface area contributed by atoms with Crippen LogP contribution in [-0.2, 0) is 19.1 Å². The largest absolute Gasteiger partial charge is 0.455 e. The van der Waals surface area contributed by atoms with Crippen LogP contribution in [0.5, 0.6) is 0 Å².